The number of hydrogen-bond donors (Lipinski definition) is 0. The molecule has 0 saturated carbocycles. The highest BCUT2D eigenvalue weighted by molar-refractivity contribution is 7.86. The van der Waals surface area contributed by atoms with Crippen LogP contribution >= 0.6 is 0 Å². The van der Waals surface area contributed by atoms with E-state index in [9.17, 15) is 21.6 Å². The van der Waals surface area contributed by atoms with Gasteiger partial charge in [0.15, 0.2) is 11.5 Å². The molecule has 8 heteroatoms. The van der Waals surface area contributed by atoms with E-state index in [-0.39, 0.29) is 11.3 Å². The van der Waals surface area contributed by atoms with Crippen molar-refractivity contribution in [2.45, 2.75) is 6.18 Å². The first-order valence-electron chi connectivity index (χ1n) is 4.00. The number of para-hydroxylation sites is 1. The van der Waals surface area contributed by atoms with Crippen molar-refractivity contribution in [3.05, 3.63) is 29.8 Å². The molecule has 0 saturated heterocycles. The van der Waals surface area contributed by atoms with Crippen LogP contribution in [0.4, 0.5) is 13.2 Å². The number of nitrogens with zero attached hydrogens (tertiary/aromatic N) is 1. The predicted molar refractivity (Wildman–Crippen MR) is 48.6 cm³/mol. The summed E-state index contributed by atoms with van der Waals surface area (Å²) in [7, 11) is -4.56. The molecule has 1 aromatic rings. The lowest BCUT2D eigenvalue weighted by Gasteiger charge is -2.17. The third kappa shape index (κ3) is 1.87. The summed E-state index contributed by atoms with van der Waals surface area (Å²) in [6.45, 7) is 0. The van der Waals surface area contributed by atoms with Gasteiger partial charge in [-0.3, -0.25) is 0 Å². The van der Waals surface area contributed by atoms with Gasteiger partial charge in [-0.1, -0.05) is 12.1 Å². The zero-order valence-electron chi connectivity index (χ0n) is 7.52. The first-order valence-corrected chi connectivity index (χ1v) is 5.37. The molecule has 0 aliphatic carbocycles. The Hall–Kier alpha value is -1.57. The van der Waals surface area contributed by atoms with Crippen molar-refractivity contribution >= 4 is 16.0 Å². The maximum absolute atomic E-state index is 12.5. The molecule has 0 spiro atoms. The fourth-order valence-electron chi connectivity index (χ4n) is 1.23. The minimum Gasteiger partial charge on any atom is -0.365 e. The second kappa shape index (κ2) is 3.21. The molecule has 1 heterocycles. The monoisotopic (exact) mass is 251 g/mol. The van der Waals surface area contributed by atoms with Gasteiger partial charge in [0.25, 0.3) is 0 Å². The van der Waals surface area contributed by atoms with Gasteiger partial charge in [0.2, 0.25) is 0 Å². The van der Waals surface area contributed by atoms with Crippen LogP contribution in [0.3, 0.4) is 0 Å². The smallest absolute Gasteiger partial charge is 0.365 e. The largest absolute Gasteiger partial charge is 0.435 e. The Morgan fingerprint density at radius 1 is 1.19 bits per heavy atom. The molecular weight excluding hydrogens is 247 g/mol. The Kier molecular flexibility index (Phi) is 2.19. The molecule has 0 N–H and O–H groups in total. The highest BCUT2D eigenvalue weighted by Crippen LogP contribution is 2.33. The van der Waals surface area contributed by atoms with Crippen LogP contribution in [0, 0.1) is 0 Å². The standard InChI is InChI=1S/C8H4F3NO3S/c9-8(10,11)7-5-3-1-2-4-6(5)15-16(13,14)12-7/h1-4H. The van der Waals surface area contributed by atoms with Gasteiger partial charge in [-0.2, -0.15) is 21.6 Å². The lowest BCUT2D eigenvalue weighted by Crippen LogP contribution is -2.30. The number of alkyl halides is 3. The van der Waals surface area contributed by atoms with Gasteiger partial charge < -0.3 is 4.18 Å². The topological polar surface area (TPSA) is 55.7 Å². The zero-order valence-corrected chi connectivity index (χ0v) is 8.34. The van der Waals surface area contributed by atoms with Gasteiger partial charge >= 0.3 is 16.5 Å². The van der Waals surface area contributed by atoms with Crippen molar-refractivity contribution in [3.8, 4) is 5.75 Å². The Bertz CT molecular complexity index is 562. The van der Waals surface area contributed by atoms with Gasteiger partial charge in [-0.05, 0) is 12.1 Å². The van der Waals surface area contributed by atoms with Crippen LogP contribution in [0.2, 0.25) is 0 Å². The number of halogens is 3. The summed E-state index contributed by atoms with van der Waals surface area (Å²) in [5, 5.41) is 0. The lowest BCUT2D eigenvalue weighted by molar-refractivity contribution is -0.0581. The summed E-state index contributed by atoms with van der Waals surface area (Å²) in [5.41, 5.74) is -1.85. The normalized spacial score (nSPS) is 18.3. The van der Waals surface area contributed by atoms with Crippen LogP contribution in [-0.2, 0) is 10.3 Å². The third-order valence-electron chi connectivity index (χ3n) is 1.81. The molecule has 0 fully saturated rings. The van der Waals surface area contributed by atoms with Crippen LogP contribution in [0.1, 0.15) is 5.56 Å². The van der Waals surface area contributed by atoms with Crippen molar-refractivity contribution in [3.63, 3.8) is 0 Å². The van der Waals surface area contributed by atoms with Crippen molar-refractivity contribution < 1.29 is 25.8 Å². The lowest BCUT2D eigenvalue weighted by atomic mass is 10.1. The highest BCUT2D eigenvalue weighted by atomic mass is 32.2. The molecule has 0 bridgehead atoms. The Morgan fingerprint density at radius 2 is 1.81 bits per heavy atom. The molecule has 86 valence electrons. The summed E-state index contributed by atoms with van der Waals surface area (Å²) in [4.78, 5) is 0. The Labute approximate surface area is 88.6 Å². The SMILES string of the molecule is O=S1(=O)N=C(C(F)(F)F)c2ccccc2O1. The van der Waals surface area contributed by atoms with Crippen molar-refractivity contribution in [1.29, 1.82) is 0 Å². The molecule has 4 nitrogen and oxygen atoms in total. The van der Waals surface area contributed by atoms with Crippen LogP contribution < -0.4 is 4.18 Å². The van der Waals surface area contributed by atoms with Crippen molar-refractivity contribution in [2.24, 2.45) is 4.40 Å². The fraction of sp³-hybridized carbons (Fsp3) is 0.125. The molecule has 0 unspecified atom stereocenters. The Balaban J connectivity index is 2.70. The summed E-state index contributed by atoms with van der Waals surface area (Å²) in [6, 6.07) is 4.93. The molecule has 2 rings (SSSR count). The molecule has 0 radical (unpaired) electrons. The van der Waals surface area contributed by atoms with E-state index in [1.54, 1.807) is 0 Å². The zero-order chi connectivity index (χ0) is 12.0. The van der Waals surface area contributed by atoms with Crippen molar-refractivity contribution in [2.75, 3.05) is 0 Å². The van der Waals surface area contributed by atoms with Gasteiger partial charge in [0, 0.05) is 0 Å². The van der Waals surface area contributed by atoms with E-state index in [1.165, 1.54) is 12.1 Å². The summed E-state index contributed by atoms with van der Waals surface area (Å²) in [5.74, 6) is -0.371. The summed E-state index contributed by atoms with van der Waals surface area (Å²) in [6.07, 6.45) is -4.84. The maximum atomic E-state index is 12.5. The second-order valence-corrected chi connectivity index (χ2v) is 4.15. The second-order valence-electron chi connectivity index (χ2n) is 2.94. The van der Waals surface area contributed by atoms with Gasteiger partial charge in [-0.15, -0.1) is 4.40 Å². The number of fused-ring (bicyclic) bond motifs is 1. The molecule has 1 aliphatic rings. The maximum Gasteiger partial charge on any atom is 0.435 e. The van der Waals surface area contributed by atoms with Crippen LogP contribution in [-0.4, -0.2) is 20.3 Å². The van der Waals surface area contributed by atoms with E-state index in [0.29, 0.717) is 0 Å². The first-order chi connectivity index (χ1) is 7.30. The van der Waals surface area contributed by atoms with Gasteiger partial charge in [0.1, 0.15) is 0 Å². The van der Waals surface area contributed by atoms with E-state index >= 15 is 0 Å². The van der Waals surface area contributed by atoms with E-state index in [0.717, 1.165) is 12.1 Å². The van der Waals surface area contributed by atoms with Crippen LogP contribution in [0.15, 0.2) is 28.7 Å². The number of rotatable bonds is 0. The molecule has 0 amide bonds. The van der Waals surface area contributed by atoms with E-state index in [1.807, 2.05) is 0 Å². The molecule has 1 aliphatic heterocycles. The number of hydrogen-bond acceptors (Lipinski definition) is 3. The fourth-order valence-corrected chi connectivity index (χ4v) is 2.07. The minimum absolute atomic E-state index is 0.371. The van der Waals surface area contributed by atoms with E-state index < -0.39 is 22.2 Å². The van der Waals surface area contributed by atoms with Crippen LogP contribution in [0.25, 0.3) is 0 Å². The summed E-state index contributed by atoms with van der Waals surface area (Å²) >= 11 is 0. The Morgan fingerprint density at radius 3 is 2.44 bits per heavy atom. The molecule has 16 heavy (non-hydrogen) atoms. The number of benzene rings is 1. The summed E-state index contributed by atoms with van der Waals surface area (Å²) < 4.78 is 66.4. The van der Waals surface area contributed by atoms with E-state index in [4.69, 9.17) is 0 Å². The minimum atomic E-state index is -4.84. The van der Waals surface area contributed by atoms with Gasteiger partial charge in [0.05, 0.1) is 5.56 Å². The average Bonchev–Trinajstić information content (AvgIpc) is 2.13. The van der Waals surface area contributed by atoms with Crippen LogP contribution in [0.5, 0.6) is 5.75 Å². The van der Waals surface area contributed by atoms with Crippen molar-refractivity contribution in [1.82, 2.24) is 0 Å². The molecule has 1 aromatic carbocycles. The molecule has 0 atom stereocenters. The third-order valence-corrected chi connectivity index (χ3v) is 2.61. The van der Waals surface area contributed by atoms with E-state index in [2.05, 4.69) is 8.58 Å². The quantitative estimate of drug-likeness (QED) is 0.704. The first kappa shape index (κ1) is 10.9. The van der Waals surface area contributed by atoms with Gasteiger partial charge in [-0.25, -0.2) is 0 Å². The highest BCUT2D eigenvalue weighted by Gasteiger charge is 2.42. The average molecular weight is 251 g/mol. The molecular formula is C8H4F3NO3S. The predicted octanol–water partition coefficient (Wildman–Crippen LogP) is 1.68. The molecule has 0 aromatic heterocycles.